The Hall–Kier alpha value is -4.54. The van der Waals surface area contributed by atoms with E-state index in [0.29, 0.717) is 5.92 Å². The number of para-hydroxylation sites is 2. The summed E-state index contributed by atoms with van der Waals surface area (Å²) in [5.74, 6) is 0.607. The third-order valence-electron chi connectivity index (χ3n) is 14.7. The van der Waals surface area contributed by atoms with Gasteiger partial charge in [0.05, 0.1) is 39.7 Å². The molecule has 12 rings (SSSR count). The molecule has 3 nitrogen and oxygen atoms in total. The van der Waals surface area contributed by atoms with E-state index < -0.39 is 0 Å². The Bertz CT molecular complexity index is 2520. The lowest BCUT2D eigenvalue weighted by Crippen LogP contribution is -2.55. The van der Waals surface area contributed by atoms with Crippen LogP contribution in [0.1, 0.15) is 107 Å². The first-order chi connectivity index (χ1) is 25.3. The second kappa shape index (κ2) is 9.90. The largest absolute Gasteiger partial charge is 0.331 e. The number of nitrogens with zero attached hydrogens (tertiary/aromatic N) is 3. The van der Waals surface area contributed by atoms with Crippen LogP contribution in [0.4, 0.5) is 44.8 Å². The van der Waals surface area contributed by atoms with Crippen LogP contribution in [0.15, 0.2) is 97.1 Å². The van der Waals surface area contributed by atoms with Gasteiger partial charge in [-0.15, -0.1) is 11.3 Å². The zero-order valence-corrected chi connectivity index (χ0v) is 31.5. The van der Waals surface area contributed by atoms with Crippen molar-refractivity contribution in [3.63, 3.8) is 0 Å². The molecule has 2 fully saturated rings. The molecule has 0 N–H and O–H groups in total. The summed E-state index contributed by atoms with van der Waals surface area (Å²) in [6.45, 7) is 10.1. The summed E-state index contributed by atoms with van der Waals surface area (Å²) in [6, 6.07) is 37.8. The monoisotopic (exact) mass is 695 g/mol. The Balaban J connectivity index is 1.24. The Morgan fingerprint density at radius 1 is 0.615 bits per heavy atom. The average molecular weight is 696 g/mol. The molecule has 0 spiro atoms. The molecule has 3 aliphatic carbocycles. The van der Waals surface area contributed by atoms with E-state index in [0.717, 1.165) is 0 Å². The summed E-state index contributed by atoms with van der Waals surface area (Å²) in [5.41, 5.74) is 18.3. The predicted octanol–water partition coefficient (Wildman–Crippen LogP) is 14.2. The van der Waals surface area contributed by atoms with Crippen molar-refractivity contribution >= 4 is 66.2 Å². The van der Waals surface area contributed by atoms with Crippen LogP contribution in [-0.4, -0.2) is 5.54 Å². The number of hydrogen-bond acceptors (Lipinski definition) is 4. The molecule has 3 aliphatic heterocycles. The molecule has 6 aliphatic rings. The maximum Gasteiger partial charge on any atom is 0.126 e. The van der Waals surface area contributed by atoms with Crippen molar-refractivity contribution < 1.29 is 0 Å². The van der Waals surface area contributed by atoms with E-state index in [4.69, 9.17) is 0 Å². The minimum absolute atomic E-state index is 0.0203. The van der Waals surface area contributed by atoms with Crippen LogP contribution in [0.25, 0.3) is 21.2 Å². The maximum atomic E-state index is 2.88. The van der Waals surface area contributed by atoms with Crippen LogP contribution < -0.4 is 14.7 Å². The van der Waals surface area contributed by atoms with Crippen molar-refractivity contribution in [2.75, 3.05) is 14.7 Å². The smallest absolute Gasteiger partial charge is 0.126 e. The molecule has 2 atom stereocenters. The highest BCUT2D eigenvalue weighted by Gasteiger charge is 2.61. The minimum Gasteiger partial charge on any atom is -0.331 e. The molecule has 52 heavy (non-hydrogen) atoms. The predicted molar refractivity (Wildman–Crippen MR) is 220 cm³/mol. The van der Waals surface area contributed by atoms with Gasteiger partial charge >= 0.3 is 0 Å². The average Bonchev–Trinajstić information content (AvgIpc) is 3.93. The lowest BCUT2D eigenvalue weighted by Gasteiger charge is -2.53. The normalized spacial score (nSPS) is 24.4. The number of benzene rings is 5. The lowest BCUT2D eigenvalue weighted by molar-refractivity contribution is 0.195. The maximum absolute atomic E-state index is 2.88. The molecule has 0 amide bonds. The molecule has 1 aromatic heterocycles. The quantitative estimate of drug-likeness (QED) is 0.178. The summed E-state index contributed by atoms with van der Waals surface area (Å²) in [5, 5.41) is 2.77. The van der Waals surface area contributed by atoms with E-state index >= 15 is 0 Å². The molecule has 4 heterocycles. The van der Waals surface area contributed by atoms with Crippen molar-refractivity contribution in [3.8, 4) is 11.1 Å². The Labute approximate surface area is 311 Å². The Morgan fingerprint density at radius 3 is 2.21 bits per heavy atom. The lowest BCUT2D eigenvalue weighted by atomic mass is 9.61. The van der Waals surface area contributed by atoms with E-state index in [-0.39, 0.29) is 16.4 Å². The summed E-state index contributed by atoms with van der Waals surface area (Å²) in [4.78, 5) is 8.29. The molecular formula is C48H45N3S. The van der Waals surface area contributed by atoms with Crippen LogP contribution in [0.3, 0.4) is 0 Å². The molecule has 0 saturated heterocycles. The van der Waals surface area contributed by atoms with Crippen molar-refractivity contribution in [3.05, 3.63) is 119 Å². The molecule has 0 bridgehead atoms. The van der Waals surface area contributed by atoms with E-state index in [1.54, 1.807) is 5.56 Å². The zero-order valence-electron chi connectivity index (χ0n) is 30.7. The second-order valence-electron chi connectivity index (χ2n) is 17.5. The molecule has 0 radical (unpaired) electrons. The van der Waals surface area contributed by atoms with Crippen molar-refractivity contribution in [1.29, 1.82) is 0 Å². The van der Waals surface area contributed by atoms with Crippen LogP contribution in [0.2, 0.25) is 0 Å². The molecule has 6 aromatic rings. The Kier molecular flexibility index (Phi) is 5.71. The number of hydrogen-bond donors (Lipinski definition) is 0. The number of thiophene rings is 1. The van der Waals surface area contributed by atoms with Gasteiger partial charge in [0, 0.05) is 26.6 Å². The fourth-order valence-corrected chi connectivity index (χ4v) is 13.3. The van der Waals surface area contributed by atoms with Gasteiger partial charge in [0.15, 0.2) is 0 Å². The van der Waals surface area contributed by atoms with Crippen LogP contribution in [0.5, 0.6) is 0 Å². The van der Waals surface area contributed by atoms with Crippen molar-refractivity contribution in [1.82, 2.24) is 0 Å². The minimum atomic E-state index is -0.120. The van der Waals surface area contributed by atoms with E-state index in [1.165, 1.54) is 134 Å². The van der Waals surface area contributed by atoms with Gasteiger partial charge < -0.3 is 9.80 Å². The fourth-order valence-electron chi connectivity index (χ4n) is 12.1. The highest BCUT2D eigenvalue weighted by atomic mass is 32.1. The van der Waals surface area contributed by atoms with E-state index in [2.05, 4.69) is 139 Å². The van der Waals surface area contributed by atoms with Gasteiger partial charge in [0.1, 0.15) is 5.00 Å². The number of rotatable bonds is 2. The van der Waals surface area contributed by atoms with Gasteiger partial charge in [-0.3, -0.25) is 4.90 Å². The summed E-state index contributed by atoms with van der Waals surface area (Å²) < 4.78 is 1.37. The summed E-state index contributed by atoms with van der Waals surface area (Å²) in [7, 11) is 0. The highest BCUT2D eigenvalue weighted by molar-refractivity contribution is 7.24. The fraction of sp³-hybridized carbons (Fsp3) is 0.333. The van der Waals surface area contributed by atoms with Crippen LogP contribution in [0, 0.1) is 0 Å². The number of fused-ring (bicyclic) bond motifs is 13. The zero-order chi connectivity index (χ0) is 34.7. The van der Waals surface area contributed by atoms with Crippen molar-refractivity contribution in [2.24, 2.45) is 0 Å². The SMILES string of the molecule is CC1(C)c2ccccc2-c2ccc3sc4c(c3c21)N(c1ccccc1)c1cc(C2CCCC2)cc2c1N4c1cccc3c1N2C1(C)CCCCC31C. The van der Waals surface area contributed by atoms with Gasteiger partial charge in [-0.25, -0.2) is 0 Å². The highest BCUT2D eigenvalue weighted by Crippen LogP contribution is 2.73. The molecule has 2 saturated carbocycles. The summed E-state index contributed by atoms with van der Waals surface area (Å²) in [6.07, 6.45) is 10.3. The Morgan fingerprint density at radius 2 is 1.37 bits per heavy atom. The number of anilines is 8. The standard InChI is InChI=1S/C48H45N3S/c1-46(2)34-20-11-10-19-32(34)33-23-24-39-40(41(33)46)44-45(52-39)50-36-22-14-21-35-42(36)51(48(4)26-13-12-25-47(35,48)3)38-28-30(29-15-8-9-16-29)27-37(43(38)50)49(44)31-17-6-5-7-18-31/h5-7,10-11,14,17-24,27-29H,8-9,12-13,15-16,25-26H2,1-4H3. The van der Waals surface area contributed by atoms with Gasteiger partial charge in [-0.1, -0.05) is 107 Å². The topological polar surface area (TPSA) is 9.72 Å². The molecule has 2 unspecified atom stereocenters. The first-order valence-corrected chi connectivity index (χ1v) is 20.6. The van der Waals surface area contributed by atoms with Gasteiger partial charge in [0.25, 0.3) is 0 Å². The third kappa shape index (κ3) is 3.40. The van der Waals surface area contributed by atoms with Gasteiger partial charge in [-0.05, 0) is 108 Å². The van der Waals surface area contributed by atoms with Gasteiger partial charge in [0.2, 0.25) is 0 Å². The van der Waals surface area contributed by atoms with Crippen LogP contribution >= 0.6 is 11.3 Å². The van der Waals surface area contributed by atoms with Crippen molar-refractivity contribution in [2.45, 2.75) is 101 Å². The first-order valence-electron chi connectivity index (χ1n) is 19.8. The molecule has 258 valence electrons. The molecular weight excluding hydrogens is 651 g/mol. The van der Waals surface area contributed by atoms with Gasteiger partial charge in [-0.2, -0.15) is 0 Å². The molecule has 5 aromatic carbocycles. The first kappa shape index (κ1) is 30.0. The summed E-state index contributed by atoms with van der Waals surface area (Å²) >= 11 is 1.99. The van der Waals surface area contributed by atoms with Crippen LogP contribution in [-0.2, 0) is 10.8 Å². The molecule has 4 heteroatoms. The third-order valence-corrected chi connectivity index (χ3v) is 15.9. The van der Waals surface area contributed by atoms with E-state index in [1.807, 2.05) is 11.3 Å². The van der Waals surface area contributed by atoms with E-state index in [9.17, 15) is 0 Å². The second-order valence-corrected chi connectivity index (χ2v) is 18.5.